The SMILES string of the molecule is Cc1ccc(S(=O)(=O)n2c(I)cc3c(C(F)(F)F)ncnc32)cc1. The molecule has 2 heterocycles. The third-order valence-electron chi connectivity index (χ3n) is 3.34. The molecule has 0 aliphatic heterocycles. The molecule has 5 nitrogen and oxygen atoms in total. The highest BCUT2D eigenvalue weighted by Crippen LogP contribution is 2.35. The fourth-order valence-electron chi connectivity index (χ4n) is 2.23. The van der Waals surface area contributed by atoms with Gasteiger partial charge in [-0.3, -0.25) is 0 Å². The van der Waals surface area contributed by atoms with Crippen molar-refractivity contribution in [2.75, 3.05) is 0 Å². The van der Waals surface area contributed by atoms with E-state index in [0.717, 1.165) is 15.6 Å². The van der Waals surface area contributed by atoms with E-state index in [9.17, 15) is 21.6 Å². The molecule has 0 unspecified atom stereocenters. The minimum Gasteiger partial charge on any atom is -0.231 e. The summed E-state index contributed by atoms with van der Waals surface area (Å²) in [4.78, 5) is 6.97. The molecule has 126 valence electrons. The van der Waals surface area contributed by atoms with Gasteiger partial charge in [0.2, 0.25) is 0 Å². The van der Waals surface area contributed by atoms with Crippen molar-refractivity contribution in [1.82, 2.24) is 13.9 Å². The number of alkyl halides is 3. The van der Waals surface area contributed by atoms with Gasteiger partial charge in [0.25, 0.3) is 10.0 Å². The molecule has 0 aliphatic carbocycles. The number of hydrogen-bond donors (Lipinski definition) is 0. The van der Waals surface area contributed by atoms with E-state index in [4.69, 9.17) is 0 Å². The van der Waals surface area contributed by atoms with Crippen LogP contribution in [0.4, 0.5) is 13.2 Å². The molecule has 0 N–H and O–H groups in total. The van der Waals surface area contributed by atoms with E-state index < -0.39 is 21.9 Å². The van der Waals surface area contributed by atoms with Crippen LogP contribution in [-0.4, -0.2) is 22.4 Å². The number of fused-ring (bicyclic) bond motifs is 1. The monoisotopic (exact) mass is 467 g/mol. The summed E-state index contributed by atoms with van der Waals surface area (Å²) in [6, 6.07) is 7.14. The molecule has 0 saturated carbocycles. The third-order valence-corrected chi connectivity index (χ3v) is 6.18. The largest absolute Gasteiger partial charge is 0.434 e. The maximum absolute atomic E-state index is 13.1. The molecule has 10 heteroatoms. The van der Waals surface area contributed by atoms with Crippen LogP contribution in [0.25, 0.3) is 11.0 Å². The van der Waals surface area contributed by atoms with Gasteiger partial charge in [-0.2, -0.15) is 13.2 Å². The van der Waals surface area contributed by atoms with Gasteiger partial charge in [-0.1, -0.05) is 17.7 Å². The second-order valence-corrected chi connectivity index (χ2v) is 7.90. The van der Waals surface area contributed by atoms with E-state index in [1.54, 1.807) is 41.6 Å². The molecule has 0 radical (unpaired) electrons. The molecular weight excluding hydrogens is 458 g/mol. The van der Waals surface area contributed by atoms with Crippen molar-refractivity contribution in [2.45, 2.75) is 18.0 Å². The summed E-state index contributed by atoms with van der Waals surface area (Å²) in [5, 5.41) is -0.356. The number of benzene rings is 1. The Labute approximate surface area is 148 Å². The molecule has 0 aliphatic rings. The second-order valence-electron chi connectivity index (χ2n) is 5.01. The van der Waals surface area contributed by atoms with E-state index in [-0.39, 0.29) is 19.6 Å². The molecule has 2 aromatic heterocycles. The number of rotatable bonds is 2. The summed E-state index contributed by atoms with van der Waals surface area (Å²) in [6.07, 6.45) is -3.99. The summed E-state index contributed by atoms with van der Waals surface area (Å²) in [7, 11) is -4.08. The van der Waals surface area contributed by atoms with Gasteiger partial charge in [-0.25, -0.2) is 22.4 Å². The standard InChI is InChI=1S/C14H9F3IN3O2S/c1-8-2-4-9(5-3-8)24(22,23)21-11(18)6-10-12(14(15,16)17)19-7-20-13(10)21/h2-7H,1H3. The van der Waals surface area contributed by atoms with E-state index >= 15 is 0 Å². The lowest BCUT2D eigenvalue weighted by molar-refractivity contribution is -0.139. The van der Waals surface area contributed by atoms with E-state index in [1.807, 2.05) is 0 Å². The topological polar surface area (TPSA) is 64.8 Å². The van der Waals surface area contributed by atoms with Gasteiger partial charge in [-0.15, -0.1) is 0 Å². The Hall–Kier alpha value is -1.69. The zero-order valence-corrected chi connectivity index (χ0v) is 15.0. The van der Waals surface area contributed by atoms with E-state index in [1.165, 1.54) is 12.1 Å². The maximum atomic E-state index is 13.1. The Kier molecular flexibility index (Phi) is 4.06. The Morgan fingerprint density at radius 1 is 1.12 bits per heavy atom. The first-order chi connectivity index (χ1) is 11.1. The van der Waals surface area contributed by atoms with Crippen molar-refractivity contribution in [1.29, 1.82) is 0 Å². The molecule has 0 atom stereocenters. The number of hydrogen-bond acceptors (Lipinski definition) is 4. The molecular formula is C14H9F3IN3O2S. The van der Waals surface area contributed by atoms with Crippen LogP contribution in [0.1, 0.15) is 11.3 Å². The molecule has 0 amide bonds. The van der Waals surface area contributed by atoms with Crippen LogP contribution in [0.15, 0.2) is 41.6 Å². The molecule has 3 aromatic rings. The van der Waals surface area contributed by atoms with Gasteiger partial charge in [0.15, 0.2) is 11.3 Å². The predicted octanol–water partition coefficient (Wildman–Crippen LogP) is 3.60. The van der Waals surface area contributed by atoms with Crippen LogP contribution in [0, 0.1) is 10.6 Å². The highest BCUT2D eigenvalue weighted by molar-refractivity contribution is 14.1. The Morgan fingerprint density at radius 3 is 2.33 bits per heavy atom. The van der Waals surface area contributed by atoms with Gasteiger partial charge in [-0.05, 0) is 47.7 Å². The van der Waals surface area contributed by atoms with Crippen molar-refractivity contribution in [2.24, 2.45) is 0 Å². The highest BCUT2D eigenvalue weighted by Gasteiger charge is 2.37. The number of halogens is 4. The first-order valence-corrected chi connectivity index (χ1v) is 9.05. The average molecular weight is 467 g/mol. The molecule has 3 rings (SSSR count). The van der Waals surface area contributed by atoms with Gasteiger partial charge in [0.1, 0.15) is 6.33 Å². The van der Waals surface area contributed by atoms with Crippen LogP contribution < -0.4 is 0 Å². The zero-order valence-electron chi connectivity index (χ0n) is 12.0. The van der Waals surface area contributed by atoms with Gasteiger partial charge >= 0.3 is 6.18 Å². The lowest BCUT2D eigenvalue weighted by atomic mass is 10.2. The second kappa shape index (κ2) is 5.69. The van der Waals surface area contributed by atoms with Crippen molar-refractivity contribution in [3.63, 3.8) is 0 Å². The summed E-state index contributed by atoms with van der Waals surface area (Å²) in [6.45, 7) is 1.80. The van der Waals surface area contributed by atoms with E-state index in [2.05, 4.69) is 9.97 Å². The average Bonchev–Trinajstić information content (AvgIpc) is 2.82. The molecule has 0 fully saturated rings. The van der Waals surface area contributed by atoms with Crippen LogP contribution in [-0.2, 0) is 16.2 Å². The first kappa shape index (κ1) is 17.1. The van der Waals surface area contributed by atoms with Crippen molar-refractivity contribution >= 4 is 43.6 Å². The van der Waals surface area contributed by atoms with Gasteiger partial charge < -0.3 is 0 Å². The smallest absolute Gasteiger partial charge is 0.231 e. The quantitative estimate of drug-likeness (QED) is 0.541. The van der Waals surface area contributed by atoms with Crippen LogP contribution >= 0.6 is 22.6 Å². The predicted molar refractivity (Wildman–Crippen MR) is 89.0 cm³/mol. The molecule has 1 aromatic carbocycles. The number of nitrogens with zero attached hydrogens (tertiary/aromatic N) is 3. The van der Waals surface area contributed by atoms with E-state index in [0.29, 0.717) is 6.33 Å². The number of aromatic nitrogens is 3. The van der Waals surface area contributed by atoms with Crippen molar-refractivity contribution < 1.29 is 21.6 Å². The minimum absolute atomic E-state index is 0.0318. The van der Waals surface area contributed by atoms with Crippen LogP contribution in [0.5, 0.6) is 0 Å². The normalized spacial score (nSPS) is 12.7. The fourth-order valence-corrected chi connectivity index (χ4v) is 4.89. The molecule has 0 saturated heterocycles. The summed E-state index contributed by atoms with van der Waals surface area (Å²) in [5.41, 5.74) is -0.603. The van der Waals surface area contributed by atoms with Gasteiger partial charge in [0, 0.05) is 0 Å². The third kappa shape index (κ3) is 2.77. The first-order valence-electron chi connectivity index (χ1n) is 6.54. The molecule has 0 bridgehead atoms. The van der Waals surface area contributed by atoms with Crippen LogP contribution in [0.2, 0.25) is 0 Å². The fraction of sp³-hybridized carbons (Fsp3) is 0.143. The van der Waals surface area contributed by atoms with Crippen LogP contribution in [0.3, 0.4) is 0 Å². The van der Waals surface area contributed by atoms with Crippen molar-refractivity contribution in [3.05, 3.63) is 51.6 Å². The minimum atomic E-state index is -4.70. The lowest BCUT2D eigenvalue weighted by Gasteiger charge is -2.10. The molecule has 24 heavy (non-hydrogen) atoms. The summed E-state index contributed by atoms with van der Waals surface area (Å²) < 4.78 is 65.7. The van der Waals surface area contributed by atoms with Crippen molar-refractivity contribution in [3.8, 4) is 0 Å². The maximum Gasteiger partial charge on any atom is 0.434 e. The Bertz CT molecular complexity index is 1030. The number of aryl methyl sites for hydroxylation is 1. The zero-order chi connectivity index (χ0) is 17.7. The highest BCUT2D eigenvalue weighted by atomic mass is 127. The lowest BCUT2D eigenvalue weighted by Crippen LogP contribution is -2.15. The summed E-state index contributed by atoms with van der Waals surface area (Å²) >= 11 is 1.67. The van der Waals surface area contributed by atoms with Gasteiger partial charge in [0.05, 0.1) is 14.0 Å². The Morgan fingerprint density at radius 2 is 1.75 bits per heavy atom. The Balaban J connectivity index is 2.31. The summed E-state index contributed by atoms with van der Waals surface area (Å²) in [5.74, 6) is 0. The molecule has 0 spiro atoms.